The SMILES string of the molecule is CC(=O)N[C@@H]1CN(Cc2nccn2Cc2ccccc2)C[C@H]1C(C)C. The van der Waals surface area contributed by atoms with Gasteiger partial charge in [-0.15, -0.1) is 0 Å². The lowest BCUT2D eigenvalue weighted by Gasteiger charge is -2.22. The minimum atomic E-state index is 0.0584. The van der Waals surface area contributed by atoms with Crippen molar-refractivity contribution in [2.24, 2.45) is 11.8 Å². The van der Waals surface area contributed by atoms with E-state index in [2.05, 4.69) is 57.9 Å². The number of aromatic nitrogens is 2. The summed E-state index contributed by atoms with van der Waals surface area (Å²) < 4.78 is 2.21. The Morgan fingerprint density at radius 1 is 1.24 bits per heavy atom. The summed E-state index contributed by atoms with van der Waals surface area (Å²) >= 11 is 0. The van der Waals surface area contributed by atoms with Crippen LogP contribution in [0.3, 0.4) is 0 Å². The zero-order valence-electron chi connectivity index (χ0n) is 15.4. The van der Waals surface area contributed by atoms with Gasteiger partial charge in [0.05, 0.1) is 6.54 Å². The van der Waals surface area contributed by atoms with Crippen molar-refractivity contribution in [1.82, 2.24) is 19.8 Å². The van der Waals surface area contributed by atoms with E-state index >= 15 is 0 Å². The lowest BCUT2D eigenvalue weighted by Crippen LogP contribution is -2.40. The van der Waals surface area contributed by atoms with Gasteiger partial charge in [-0.3, -0.25) is 9.69 Å². The summed E-state index contributed by atoms with van der Waals surface area (Å²) in [5.41, 5.74) is 1.28. The maximum absolute atomic E-state index is 11.5. The number of nitrogens with zero attached hydrogens (tertiary/aromatic N) is 3. The molecule has 2 atom stereocenters. The number of carbonyl (C=O) groups excluding carboxylic acids is 1. The fourth-order valence-electron chi connectivity index (χ4n) is 3.75. The third-order valence-corrected chi connectivity index (χ3v) is 5.05. The van der Waals surface area contributed by atoms with Crippen molar-refractivity contribution in [3.63, 3.8) is 0 Å². The third kappa shape index (κ3) is 4.48. The molecule has 5 nitrogen and oxygen atoms in total. The molecule has 1 aromatic carbocycles. The van der Waals surface area contributed by atoms with Crippen LogP contribution >= 0.6 is 0 Å². The molecular weight excluding hydrogens is 312 g/mol. The molecule has 0 aliphatic carbocycles. The summed E-state index contributed by atoms with van der Waals surface area (Å²) in [4.78, 5) is 18.5. The number of benzene rings is 1. The Morgan fingerprint density at radius 3 is 2.68 bits per heavy atom. The van der Waals surface area contributed by atoms with Crippen LogP contribution in [0.4, 0.5) is 0 Å². The first-order valence-electron chi connectivity index (χ1n) is 9.06. The Balaban J connectivity index is 1.67. The molecule has 1 N–H and O–H groups in total. The quantitative estimate of drug-likeness (QED) is 0.879. The lowest BCUT2D eigenvalue weighted by molar-refractivity contribution is -0.119. The Bertz CT molecular complexity index is 695. The molecule has 1 amide bonds. The first-order valence-corrected chi connectivity index (χ1v) is 9.06. The molecule has 134 valence electrons. The number of hydrogen-bond acceptors (Lipinski definition) is 3. The zero-order valence-corrected chi connectivity index (χ0v) is 15.4. The topological polar surface area (TPSA) is 50.2 Å². The highest BCUT2D eigenvalue weighted by Gasteiger charge is 2.35. The van der Waals surface area contributed by atoms with Gasteiger partial charge in [-0.2, -0.15) is 0 Å². The average molecular weight is 340 g/mol. The van der Waals surface area contributed by atoms with Gasteiger partial charge in [0, 0.05) is 45.0 Å². The summed E-state index contributed by atoms with van der Waals surface area (Å²) in [5.74, 6) is 2.17. The van der Waals surface area contributed by atoms with E-state index in [9.17, 15) is 4.79 Å². The van der Waals surface area contributed by atoms with Crippen LogP contribution in [0.5, 0.6) is 0 Å². The van der Waals surface area contributed by atoms with Gasteiger partial charge in [0.2, 0.25) is 5.91 Å². The minimum Gasteiger partial charge on any atom is -0.352 e. The van der Waals surface area contributed by atoms with Crippen LogP contribution in [0.15, 0.2) is 42.7 Å². The van der Waals surface area contributed by atoms with E-state index < -0.39 is 0 Å². The van der Waals surface area contributed by atoms with Gasteiger partial charge in [0.15, 0.2) is 0 Å². The number of amides is 1. The standard InChI is InChI=1S/C20H28N4O/c1-15(2)18-12-23(13-19(18)22-16(3)25)14-20-21-9-10-24(20)11-17-7-5-4-6-8-17/h4-10,15,18-19H,11-14H2,1-3H3,(H,22,25)/t18-,19+/m0/s1. The summed E-state index contributed by atoms with van der Waals surface area (Å²) in [6.45, 7) is 9.62. The maximum atomic E-state index is 11.5. The van der Waals surface area contributed by atoms with Crippen LogP contribution in [0.25, 0.3) is 0 Å². The van der Waals surface area contributed by atoms with E-state index in [-0.39, 0.29) is 11.9 Å². The molecule has 0 unspecified atom stereocenters. The molecule has 2 heterocycles. The van der Waals surface area contributed by atoms with Gasteiger partial charge in [-0.1, -0.05) is 44.2 Å². The number of rotatable bonds is 6. The zero-order chi connectivity index (χ0) is 17.8. The number of hydrogen-bond donors (Lipinski definition) is 1. The third-order valence-electron chi connectivity index (χ3n) is 5.05. The largest absolute Gasteiger partial charge is 0.352 e. The number of imidazole rings is 1. The van der Waals surface area contributed by atoms with Crippen molar-refractivity contribution in [2.75, 3.05) is 13.1 Å². The second kappa shape index (κ2) is 7.83. The average Bonchev–Trinajstić information content (AvgIpc) is 3.15. The van der Waals surface area contributed by atoms with E-state index in [1.165, 1.54) is 5.56 Å². The van der Waals surface area contributed by atoms with Crippen LogP contribution in [-0.4, -0.2) is 39.5 Å². The lowest BCUT2D eigenvalue weighted by atomic mass is 9.91. The second-order valence-electron chi connectivity index (χ2n) is 7.37. The van der Waals surface area contributed by atoms with Crippen molar-refractivity contribution < 1.29 is 4.79 Å². The molecule has 0 bridgehead atoms. The molecule has 1 aromatic heterocycles. The molecule has 0 radical (unpaired) electrons. The van der Waals surface area contributed by atoms with E-state index in [0.717, 1.165) is 32.0 Å². The predicted molar refractivity (Wildman–Crippen MR) is 99.0 cm³/mol. The second-order valence-corrected chi connectivity index (χ2v) is 7.37. The molecule has 0 saturated carbocycles. The van der Waals surface area contributed by atoms with Crippen molar-refractivity contribution in [3.05, 3.63) is 54.1 Å². The summed E-state index contributed by atoms with van der Waals surface area (Å²) in [6.07, 6.45) is 3.92. The molecule has 1 aliphatic rings. The summed E-state index contributed by atoms with van der Waals surface area (Å²) in [5, 5.41) is 3.13. The smallest absolute Gasteiger partial charge is 0.217 e. The predicted octanol–water partition coefficient (Wildman–Crippen LogP) is 2.52. The van der Waals surface area contributed by atoms with E-state index in [0.29, 0.717) is 11.8 Å². The van der Waals surface area contributed by atoms with Crippen molar-refractivity contribution >= 4 is 5.91 Å². The number of carbonyl (C=O) groups is 1. The van der Waals surface area contributed by atoms with Gasteiger partial charge in [-0.25, -0.2) is 4.98 Å². The monoisotopic (exact) mass is 340 g/mol. The van der Waals surface area contributed by atoms with Crippen LogP contribution in [-0.2, 0) is 17.9 Å². The first kappa shape index (κ1) is 17.7. The first-order chi connectivity index (χ1) is 12.0. The molecule has 1 fully saturated rings. The van der Waals surface area contributed by atoms with Crippen molar-refractivity contribution in [2.45, 2.75) is 39.9 Å². The van der Waals surface area contributed by atoms with Gasteiger partial charge in [-0.05, 0) is 17.4 Å². The number of nitrogens with one attached hydrogen (secondary N) is 1. The normalized spacial score (nSPS) is 21.0. The molecule has 5 heteroatoms. The Morgan fingerprint density at radius 2 is 2.00 bits per heavy atom. The van der Waals surface area contributed by atoms with Gasteiger partial charge in [0.25, 0.3) is 0 Å². The highest BCUT2D eigenvalue weighted by atomic mass is 16.1. The Labute approximate surface area is 150 Å². The van der Waals surface area contributed by atoms with E-state index in [4.69, 9.17) is 0 Å². The van der Waals surface area contributed by atoms with Crippen LogP contribution < -0.4 is 5.32 Å². The van der Waals surface area contributed by atoms with Crippen LogP contribution in [0, 0.1) is 11.8 Å². The molecular formula is C20H28N4O. The Hall–Kier alpha value is -2.14. The fourth-order valence-corrected chi connectivity index (χ4v) is 3.75. The molecule has 2 aromatic rings. The minimum absolute atomic E-state index is 0.0584. The van der Waals surface area contributed by atoms with E-state index in [1.807, 2.05) is 18.5 Å². The molecule has 3 rings (SSSR count). The molecule has 1 aliphatic heterocycles. The molecule has 1 saturated heterocycles. The van der Waals surface area contributed by atoms with Gasteiger partial charge in [0.1, 0.15) is 5.82 Å². The maximum Gasteiger partial charge on any atom is 0.217 e. The summed E-state index contributed by atoms with van der Waals surface area (Å²) in [7, 11) is 0. The van der Waals surface area contributed by atoms with Crippen LogP contribution in [0.2, 0.25) is 0 Å². The Kier molecular flexibility index (Phi) is 5.53. The fraction of sp³-hybridized carbons (Fsp3) is 0.500. The molecule has 25 heavy (non-hydrogen) atoms. The molecule has 0 spiro atoms. The highest BCUT2D eigenvalue weighted by Crippen LogP contribution is 2.25. The van der Waals surface area contributed by atoms with Crippen molar-refractivity contribution in [3.8, 4) is 0 Å². The van der Waals surface area contributed by atoms with Crippen LogP contribution in [0.1, 0.15) is 32.2 Å². The highest BCUT2D eigenvalue weighted by molar-refractivity contribution is 5.73. The van der Waals surface area contributed by atoms with Gasteiger partial charge >= 0.3 is 0 Å². The van der Waals surface area contributed by atoms with E-state index in [1.54, 1.807) is 6.92 Å². The summed E-state index contributed by atoms with van der Waals surface area (Å²) in [6, 6.07) is 10.7. The van der Waals surface area contributed by atoms with Crippen molar-refractivity contribution in [1.29, 1.82) is 0 Å². The number of likely N-dealkylation sites (tertiary alicyclic amines) is 1. The van der Waals surface area contributed by atoms with Gasteiger partial charge < -0.3 is 9.88 Å².